The number of aryl methyl sites for hydroxylation is 1. The second kappa shape index (κ2) is 12.7. The molecule has 0 aromatic heterocycles. The van der Waals surface area contributed by atoms with Gasteiger partial charge in [-0.3, -0.25) is 9.59 Å². The highest BCUT2D eigenvalue weighted by molar-refractivity contribution is 6.39. The molecule has 9 nitrogen and oxygen atoms in total. The maximum atomic E-state index is 12.5. The van der Waals surface area contributed by atoms with E-state index in [0.717, 1.165) is 12.0 Å². The summed E-state index contributed by atoms with van der Waals surface area (Å²) < 4.78 is 16.3. The number of carbonyl (C=O) groups excluding carboxylic acids is 3. The van der Waals surface area contributed by atoms with E-state index in [1.807, 2.05) is 26.0 Å². The third kappa shape index (κ3) is 7.17. The van der Waals surface area contributed by atoms with Gasteiger partial charge in [-0.25, -0.2) is 10.2 Å². The lowest BCUT2D eigenvalue weighted by Gasteiger charge is -2.10. The van der Waals surface area contributed by atoms with Crippen molar-refractivity contribution >= 4 is 29.7 Å². The largest absolute Gasteiger partial charge is 0.494 e. The van der Waals surface area contributed by atoms with Crippen LogP contribution < -0.4 is 25.0 Å². The lowest BCUT2D eigenvalue weighted by atomic mass is 10.2. The van der Waals surface area contributed by atoms with Crippen molar-refractivity contribution < 1.29 is 28.6 Å². The van der Waals surface area contributed by atoms with E-state index in [1.54, 1.807) is 54.6 Å². The van der Waals surface area contributed by atoms with Gasteiger partial charge in [0.25, 0.3) is 0 Å². The van der Waals surface area contributed by atoms with E-state index in [-0.39, 0.29) is 5.75 Å². The van der Waals surface area contributed by atoms with Gasteiger partial charge in [0.05, 0.1) is 25.5 Å². The number of ether oxygens (including phenoxy) is 3. The quantitative estimate of drug-likeness (QED) is 0.154. The number of nitrogens with one attached hydrogen (secondary N) is 2. The molecule has 0 saturated carbocycles. The standard InChI is InChI=1S/C27H27N3O6/c1-4-15-35-21-12-10-20(11-13-21)27(33)36-23-14-9-19(16-24(23)34-3)17-28-30-26(32)25(31)29-22-8-6-5-7-18(22)2/h5-14,16-17H,4,15H2,1-3H3,(H,29,31)(H,30,32)/b28-17+. The fraction of sp³-hybridized carbons (Fsp3) is 0.185. The van der Waals surface area contributed by atoms with Gasteiger partial charge in [0.1, 0.15) is 5.75 Å². The molecular formula is C27H27N3O6. The third-order valence-corrected chi connectivity index (χ3v) is 4.93. The van der Waals surface area contributed by atoms with Gasteiger partial charge in [-0.1, -0.05) is 25.1 Å². The highest BCUT2D eigenvalue weighted by Gasteiger charge is 2.15. The van der Waals surface area contributed by atoms with Gasteiger partial charge in [0.2, 0.25) is 0 Å². The van der Waals surface area contributed by atoms with E-state index in [9.17, 15) is 14.4 Å². The van der Waals surface area contributed by atoms with Crippen molar-refractivity contribution in [3.8, 4) is 17.2 Å². The minimum atomic E-state index is -0.918. The molecule has 0 atom stereocenters. The predicted octanol–water partition coefficient (Wildman–Crippen LogP) is 4.10. The molecule has 2 amide bonds. The molecule has 9 heteroatoms. The normalized spacial score (nSPS) is 10.5. The molecule has 0 aliphatic rings. The number of rotatable bonds is 9. The SMILES string of the molecule is CCCOc1ccc(C(=O)Oc2ccc(/C=N/NC(=O)C(=O)Nc3ccccc3C)cc2OC)cc1. The lowest BCUT2D eigenvalue weighted by molar-refractivity contribution is -0.136. The number of nitrogens with zero attached hydrogens (tertiary/aromatic N) is 1. The summed E-state index contributed by atoms with van der Waals surface area (Å²) in [5.41, 5.74) is 4.45. The van der Waals surface area contributed by atoms with Crippen LogP contribution in [0.15, 0.2) is 71.8 Å². The first-order valence-electron chi connectivity index (χ1n) is 11.2. The number of esters is 1. The Morgan fingerprint density at radius 1 is 0.944 bits per heavy atom. The first-order chi connectivity index (χ1) is 17.4. The van der Waals surface area contributed by atoms with Crippen molar-refractivity contribution in [3.05, 3.63) is 83.4 Å². The topological polar surface area (TPSA) is 115 Å². The second-order valence-electron chi connectivity index (χ2n) is 7.64. The number of carbonyl (C=O) groups is 3. The number of methoxy groups -OCH3 is 1. The molecule has 0 spiro atoms. The molecular weight excluding hydrogens is 462 g/mol. The monoisotopic (exact) mass is 489 g/mol. The molecule has 3 rings (SSSR count). The van der Waals surface area contributed by atoms with Crippen molar-refractivity contribution in [2.24, 2.45) is 5.10 Å². The van der Waals surface area contributed by atoms with Gasteiger partial charge in [0, 0.05) is 5.69 Å². The Kier molecular flexibility index (Phi) is 9.16. The molecule has 0 unspecified atom stereocenters. The second-order valence-corrected chi connectivity index (χ2v) is 7.64. The van der Waals surface area contributed by atoms with Gasteiger partial charge >= 0.3 is 17.8 Å². The number of para-hydroxylation sites is 1. The van der Waals surface area contributed by atoms with Crippen LogP contribution in [0.4, 0.5) is 5.69 Å². The molecule has 186 valence electrons. The first-order valence-corrected chi connectivity index (χ1v) is 11.2. The molecule has 36 heavy (non-hydrogen) atoms. The van der Waals surface area contributed by atoms with Crippen LogP contribution in [0.3, 0.4) is 0 Å². The zero-order chi connectivity index (χ0) is 25.9. The van der Waals surface area contributed by atoms with Gasteiger partial charge < -0.3 is 19.5 Å². The van der Waals surface area contributed by atoms with E-state index in [2.05, 4.69) is 15.8 Å². The van der Waals surface area contributed by atoms with Crippen LogP contribution in [0, 0.1) is 6.92 Å². The van der Waals surface area contributed by atoms with Gasteiger partial charge in [-0.15, -0.1) is 0 Å². The van der Waals surface area contributed by atoms with Crippen LogP contribution in [0.25, 0.3) is 0 Å². The Labute approximate surface area is 209 Å². The van der Waals surface area contributed by atoms with E-state index in [1.165, 1.54) is 13.3 Å². The number of hydrogen-bond acceptors (Lipinski definition) is 7. The number of anilines is 1. The summed E-state index contributed by atoms with van der Waals surface area (Å²) in [5.74, 6) is -1.13. The Morgan fingerprint density at radius 2 is 1.69 bits per heavy atom. The summed E-state index contributed by atoms with van der Waals surface area (Å²) in [5, 5.41) is 6.34. The van der Waals surface area contributed by atoms with E-state index in [4.69, 9.17) is 14.2 Å². The zero-order valence-electron chi connectivity index (χ0n) is 20.2. The molecule has 0 aliphatic heterocycles. The molecule has 0 heterocycles. The van der Waals surface area contributed by atoms with E-state index < -0.39 is 17.8 Å². The van der Waals surface area contributed by atoms with Crippen molar-refractivity contribution in [1.82, 2.24) is 5.43 Å². The number of amides is 2. The van der Waals surface area contributed by atoms with Crippen molar-refractivity contribution in [3.63, 3.8) is 0 Å². The lowest BCUT2D eigenvalue weighted by Crippen LogP contribution is -2.32. The Balaban J connectivity index is 1.58. The van der Waals surface area contributed by atoms with Crippen molar-refractivity contribution in [1.29, 1.82) is 0 Å². The molecule has 3 aromatic carbocycles. The van der Waals surface area contributed by atoms with Gasteiger partial charge in [-0.2, -0.15) is 5.10 Å². The van der Waals surface area contributed by atoms with Gasteiger partial charge in [0.15, 0.2) is 11.5 Å². The molecule has 3 aromatic rings. The van der Waals surface area contributed by atoms with E-state index in [0.29, 0.717) is 34.9 Å². The summed E-state index contributed by atoms with van der Waals surface area (Å²) in [6.07, 6.45) is 2.22. The summed E-state index contributed by atoms with van der Waals surface area (Å²) in [7, 11) is 1.44. The summed E-state index contributed by atoms with van der Waals surface area (Å²) >= 11 is 0. The Bertz CT molecular complexity index is 1250. The fourth-order valence-electron chi connectivity index (χ4n) is 3.02. The summed E-state index contributed by atoms with van der Waals surface area (Å²) in [6.45, 7) is 4.43. The van der Waals surface area contributed by atoms with Crippen LogP contribution in [0.2, 0.25) is 0 Å². The maximum Gasteiger partial charge on any atom is 0.343 e. The summed E-state index contributed by atoms with van der Waals surface area (Å²) in [6, 6.07) is 18.5. The molecule has 0 bridgehead atoms. The van der Waals surface area contributed by atoms with Crippen LogP contribution in [0.5, 0.6) is 17.2 Å². The number of hydrogen-bond donors (Lipinski definition) is 2. The van der Waals surface area contributed by atoms with Crippen LogP contribution in [-0.4, -0.2) is 37.7 Å². The Morgan fingerprint density at radius 3 is 2.39 bits per heavy atom. The highest BCUT2D eigenvalue weighted by atomic mass is 16.6. The molecule has 0 fully saturated rings. The maximum absolute atomic E-state index is 12.5. The van der Waals surface area contributed by atoms with Crippen molar-refractivity contribution in [2.75, 3.05) is 19.0 Å². The summed E-state index contributed by atoms with van der Waals surface area (Å²) in [4.78, 5) is 36.6. The molecule has 0 radical (unpaired) electrons. The number of benzene rings is 3. The van der Waals surface area contributed by atoms with Crippen LogP contribution >= 0.6 is 0 Å². The van der Waals surface area contributed by atoms with Crippen LogP contribution in [0.1, 0.15) is 34.8 Å². The minimum absolute atomic E-state index is 0.215. The zero-order valence-corrected chi connectivity index (χ0v) is 20.2. The first kappa shape index (κ1) is 26.0. The fourth-order valence-corrected chi connectivity index (χ4v) is 3.02. The highest BCUT2D eigenvalue weighted by Crippen LogP contribution is 2.28. The minimum Gasteiger partial charge on any atom is -0.494 e. The number of hydrazone groups is 1. The molecule has 2 N–H and O–H groups in total. The molecule has 0 aliphatic carbocycles. The predicted molar refractivity (Wildman–Crippen MR) is 136 cm³/mol. The van der Waals surface area contributed by atoms with Gasteiger partial charge in [-0.05, 0) is 73.0 Å². The average molecular weight is 490 g/mol. The third-order valence-electron chi connectivity index (χ3n) is 4.93. The Hall–Kier alpha value is -4.66. The molecule has 0 saturated heterocycles. The van der Waals surface area contributed by atoms with E-state index >= 15 is 0 Å². The van der Waals surface area contributed by atoms with Crippen LogP contribution in [-0.2, 0) is 9.59 Å². The smallest absolute Gasteiger partial charge is 0.343 e. The average Bonchev–Trinajstić information content (AvgIpc) is 2.89. The van der Waals surface area contributed by atoms with Crippen molar-refractivity contribution in [2.45, 2.75) is 20.3 Å².